The van der Waals surface area contributed by atoms with Gasteiger partial charge in [0.25, 0.3) is 0 Å². The van der Waals surface area contributed by atoms with Crippen molar-refractivity contribution in [2.75, 3.05) is 33.7 Å². The Bertz CT molecular complexity index is 1680. The average Bonchev–Trinajstić information content (AvgIpc) is 3.87. The first-order valence-corrected chi connectivity index (χ1v) is 19.9. The van der Waals surface area contributed by atoms with E-state index in [1.54, 1.807) is 32.8 Å². The number of rotatable bonds is 14. The maximum Gasteiger partial charge on any atom is 0.246 e. The predicted octanol–water partition coefficient (Wildman–Crippen LogP) is 3.47. The second-order valence-corrected chi connectivity index (χ2v) is 16.4. The average molecular weight is 833 g/mol. The second kappa shape index (κ2) is 21.2. The summed E-state index contributed by atoms with van der Waals surface area (Å²) >= 11 is 0. The molecule has 2 aliphatic heterocycles. The fourth-order valence-electron chi connectivity index (χ4n) is 7.68. The van der Waals surface area contributed by atoms with Crippen molar-refractivity contribution in [2.24, 2.45) is 5.41 Å². The standard InChI is InChI=1S/C42H61N7O6.2ClH/c1-26(43-6)37(50)46-34(40(53)48-21-10-11-22-48)23-28-17-19-30(20-18-28)55-31-24-35(39(52)45-33-16-12-14-29-13-8-9-15-32(29)33)49(25-31)41(54)36(42(3,4)5)47-38(51)27(2)44-7;;/h8-9,13,15,17-20,26-27,31,33-36,43-44H,10-12,14,16,21-25H2,1-7H3,(H,45,52)(H,46,50)(H,47,51);2*1H/t26-,27-,31-,33+,34-,35-,36+;;/m0../s1. The number of halogens is 2. The number of aryl methyl sites for hydroxylation is 1. The van der Waals surface area contributed by atoms with Gasteiger partial charge in [0, 0.05) is 25.9 Å². The van der Waals surface area contributed by atoms with Crippen molar-refractivity contribution in [1.29, 1.82) is 0 Å². The Balaban J connectivity index is 0.00000435. The number of nitrogens with zero attached hydrogens (tertiary/aromatic N) is 2. The quantitative estimate of drug-likeness (QED) is 0.194. The first-order chi connectivity index (χ1) is 26.2. The normalized spacial score (nSPS) is 21.1. The number of amides is 5. The van der Waals surface area contributed by atoms with Crippen molar-refractivity contribution in [1.82, 2.24) is 36.4 Å². The fraction of sp³-hybridized carbons (Fsp3) is 0.595. The maximum absolute atomic E-state index is 14.5. The van der Waals surface area contributed by atoms with Gasteiger partial charge < -0.3 is 41.1 Å². The molecular weight excluding hydrogens is 769 g/mol. The van der Waals surface area contributed by atoms with Crippen molar-refractivity contribution >= 4 is 54.3 Å². The Morgan fingerprint density at radius 2 is 1.44 bits per heavy atom. The highest BCUT2D eigenvalue weighted by Crippen LogP contribution is 2.32. The first-order valence-electron chi connectivity index (χ1n) is 19.9. The molecule has 2 aromatic carbocycles. The van der Waals surface area contributed by atoms with Gasteiger partial charge in [-0.3, -0.25) is 24.0 Å². The molecule has 57 heavy (non-hydrogen) atoms. The van der Waals surface area contributed by atoms with E-state index in [-0.39, 0.29) is 73.4 Å². The molecule has 2 saturated heterocycles. The van der Waals surface area contributed by atoms with E-state index in [1.165, 1.54) is 5.56 Å². The summed E-state index contributed by atoms with van der Waals surface area (Å²) in [4.78, 5) is 71.4. The minimum absolute atomic E-state index is 0. The maximum atomic E-state index is 14.5. The highest BCUT2D eigenvalue weighted by Gasteiger charge is 2.46. The lowest BCUT2D eigenvalue weighted by molar-refractivity contribution is -0.144. The largest absolute Gasteiger partial charge is 0.488 e. The second-order valence-electron chi connectivity index (χ2n) is 16.4. The molecule has 5 N–H and O–H groups in total. The van der Waals surface area contributed by atoms with E-state index < -0.39 is 41.7 Å². The van der Waals surface area contributed by atoms with E-state index >= 15 is 0 Å². The Kier molecular flexibility index (Phi) is 17.7. The lowest BCUT2D eigenvalue weighted by Crippen LogP contribution is -2.59. The number of nitrogens with one attached hydrogen (secondary N) is 5. The van der Waals surface area contributed by atoms with Crippen molar-refractivity contribution in [3.05, 3.63) is 65.2 Å². The number of hydrogen-bond acceptors (Lipinski definition) is 8. The zero-order valence-electron chi connectivity index (χ0n) is 34.4. The SMILES string of the molecule is CN[C@@H](C)C(=O)N[C@@H](Cc1ccc(O[C@H]2C[C@@H](C(=O)N[C@@H]3CCCc4ccccc43)N(C(=O)[C@@H](NC(=O)[C@H](C)NC)C(C)(C)C)C2)cc1)C(=O)N1CCCC1.Cl.Cl. The van der Waals surface area contributed by atoms with Gasteiger partial charge in [-0.2, -0.15) is 0 Å². The van der Waals surface area contributed by atoms with Crippen LogP contribution in [0.25, 0.3) is 0 Å². The zero-order chi connectivity index (χ0) is 39.9. The summed E-state index contributed by atoms with van der Waals surface area (Å²) in [6.07, 6.45) is 4.72. The van der Waals surface area contributed by atoms with E-state index in [0.29, 0.717) is 25.3 Å². The highest BCUT2D eigenvalue weighted by molar-refractivity contribution is 5.94. The van der Waals surface area contributed by atoms with Crippen LogP contribution < -0.4 is 31.3 Å². The lowest BCUT2D eigenvalue weighted by atomic mass is 9.85. The van der Waals surface area contributed by atoms with Crippen LogP contribution >= 0.6 is 24.8 Å². The van der Waals surface area contributed by atoms with Gasteiger partial charge >= 0.3 is 0 Å². The first kappa shape index (κ1) is 47.5. The molecule has 2 heterocycles. The van der Waals surface area contributed by atoms with Crippen molar-refractivity contribution < 1.29 is 28.7 Å². The zero-order valence-corrected chi connectivity index (χ0v) is 36.0. The number of hydrogen-bond donors (Lipinski definition) is 5. The monoisotopic (exact) mass is 831 g/mol. The van der Waals surface area contributed by atoms with Crippen LogP contribution in [0.2, 0.25) is 0 Å². The molecule has 0 saturated carbocycles. The predicted molar refractivity (Wildman–Crippen MR) is 226 cm³/mol. The summed E-state index contributed by atoms with van der Waals surface area (Å²) in [5.41, 5.74) is 2.54. The van der Waals surface area contributed by atoms with Gasteiger partial charge in [0.2, 0.25) is 29.5 Å². The number of likely N-dealkylation sites (N-methyl/N-ethyl adjacent to an activating group) is 2. The fourth-order valence-corrected chi connectivity index (χ4v) is 7.68. The van der Waals surface area contributed by atoms with Gasteiger partial charge in [0.15, 0.2) is 0 Å². The number of likely N-dealkylation sites (tertiary alicyclic amines) is 2. The smallest absolute Gasteiger partial charge is 0.246 e. The Morgan fingerprint density at radius 3 is 2.05 bits per heavy atom. The molecule has 0 radical (unpaired) electrons. The van der Waals surface area contributed by atoms with Crippen LogP contribution in [0, 0.1) is 5.41 Å². The molecule has 5 amide bonds. The summed E-state index contributed by atoms with van der Waals surface area (Å²) < 4.78 is 6.46. The summed E-state index contributed by atoms with van der Waals surface area (Å²) in [6, 6.07) is 12.0. The molecule has 0 unspecified atom stereocenters. The van der Waals surface area contributed by atoms with Gasteiger partial charge in [0.1, 0.15) is 30.0 Å². The summed E-state index contributed by atoms with van der Waals surface area (Å²) in [5, 5.41) is 15.0. The van der Waals surface area contributed by atoms with Gasteiger partial charge in [-0.25, -0.2) is 0 Å². The molecule has 7 atom stereocenters. The topological polar surface area (TPSA) is 161 Å². The van der Waals surface area contributed by atoms with E-state index in [9.17, 15) is 24.0 Å². The van der Waals surface area contributed by atoms with Crippen LogP contribution in [-0.4, -0.2) is 109 Å². The number of ether oxygens (including phenoxy) is 1. The van der Waals surface area contributed by atoms with Gasteiger partial charge in [-0.15, -0.1) is 24.8 Å². The third kappa shape index (κ3) is 12.1. The summed E-state index contributed by atoms with van der Waals surface area (Å²) in [7, 11) is 3.39. The minimum Gasteiger partial charge on any atom is -0.488 e. The lowest BCUT2D eigenvalue weighted by Gasteiger charge is -2.36. The van der Waals surface area contributed by atoms with Crippen LogP contribution in [-0.2, 0) is 36.8 Å². The van der Waals surface area contributed by atoms with Gasteiger partial charge in [-0.05, 0) is 94.3 Å². The van der Waals surface area contributed by atoms with Gasteiger partial charge in [0.05, 0.1) is 24.7 Å². The molecule has 2 aromatic rings. The third-order valence-electron chi connectivity index (χ3n) is 11.3. The minimum atomic E-state index is -0.882. The summed E-state index contributed by atoms with van der Waals surface area (Å²) in [5.74, 6) is -0.654. The van der Waals surface area contributed by atoms with Crippen molar-refractivity contribution in [3.8, 4) is 5.75 Å². The number of fused-ring (bicyclic) bond motifs is 1. The third-order valence-corrected chi connectivity index (χ3v) is 11.3. The Hall–Kier alpha value is -3.91. The van der Waals surface area contributed by atoms with E-state index in [4.69, 9.17) is 4.74 Å². The number of carbonyl (C=O) groups excluding carboxylic acids is 5. The van der Waals surface area contributed by atoms with E-state index in [0.717, 1.165) is 43.2 Å². The van der Waals surface area contributed by atoms with Crippen molar-refractivity contribution in [3.63, 3.8) is 0 Å². The Labute approximate surface area is 350 Å². The molecule has 13 nitrogen and oxygen atoms in total. The molecular formula is C42H63Cl2N7O6. The van der Waals surface area contributed by atoms with Crippen LogP contribution in [0.5, 0.6) is 5.75 Å². The van der Waals surface area contributed by atoms with Crippen LogP contribution in [0.1, 0.15) is 89.5 Å². The molecule has 0 bridgehead atoms. The van der Waals surface area contributed by atoms with Crippen molar-refractivity contribution in [2.45, 2.75) is 122 Å². The molecule has 5 rings (SSSR count). The molecule has 0 spiro atoms. The molecule has 3 aliphatic rings. The van der Waals surface area contributed by atoms with Crippen LogP contribution in [0.4, 0.5) is 0 Å². The molecule has 0 aromatic heterocycles. The number of benzene rings is 2. The van der Waals surface area contributed by atoms with Gasteiger partial charge in [-0.1, -0.05) is 57.2 Å². The molecule has 2 fully saturated rings. The molecule has 15 heteroatoms. The van der Waals surface area contributed by atoms with E-state index in [1.807, 2.05) is 62.1 Å². The highest BCUT2D eigenvalue weighted by atomic mass is 35.5. The number of carbonyl (C=O) groups is 5. The van der Waals surface area contributed by atoms with Crippen LogP contribution in [0.3, 0.4) is 0 Å². The Morgan fingerprint density at radius 1 is 0.825 bits per heavy atom. The molecule has 316 valence electrons. The van der Waals surface area contributed by atoms with E-state index in [2.05, 4.69) is 38.7 Å². The van der Waals surface area contributed by atoms with Crippen LogP contribution in [0.15, 0.2) is 48.5 Å². The molecule has 1 aliphatic carbocycles. The summed E-state index contributed by atoms with van der Waals surface area (Å²) in [6.45, 7) is 10.7.